The second-order valence-corrected chi connectivity index (χ2v) is 6.28. The molecule has 0 spiro atoms. The van der Waals surface area contributed by atoms with Crippen LogP contribution in [0.2, 0.25) is 0 Å². The van der Waals surface area contributed by atoms with Gasteiger partial charge in [-0.25, -0.2) is 9.78 Å². The van der Waals surface area contributed by atoms with E-state index in [0.29, 0.717) is 5.92 Å². The van der Waals surface area contributed by atoms with Crippen LogP contribution < -0.4 is 5.32 Å². The van der Waals surface area contributed by atoms with Crippen LogP contribution in [0.1, 0.15) is 43.1 Å². The van der Waals surface area contributed by atoms with Crippen molar-refractivity contribution in [2.75, 3.05) is 13.1 Å². The van der Waals surface area contributed by atoms with E-state index < -0.39 is 0 Å². The summed E-state index contributed by atoms with van der Waals surface area (Å²) in [4.78, 5) is 18.5. The average molecular weight is 316 g/mol. The molecule has 0 radical (unpaired) electrons. The molecule has 1 fully saturated rings. The number of nitrogens with one attached hydrogen (secondary N) is 1. The van der Waals surface area contributed by atoms with E-state index in [1.165, 1.54) is 5.69 Å². The van der Waals surface area contributed by atoms with Gasteiger partial charge in [0, 0.05) is 51.2 Å². The molecule has 0 saturated carbocycles. The maximum absolute atomic E-state index is 12.4. The van der Waals surface area contributed by atoms with E-state index in [1.807, 2.05) is 50.7 Å². The highest BCUT2D eigenvalue weighted by molar-refractivity contribution is 5.74. The van der Waals surface area contributed by atoms with Crippen LogP contribution in [0, 0.1) is 0 Å². The number of aryl methyl sites for hydroxylation is 2. The predicted octanol–water partition coefficient (Wildman–Crippen LogP) is 1.80. The number of carbonyl (C=O) groups is 1. The Labute approximate surface area is 136 Å². The topological polar surface area (TPSA) is 68.0 Å². The molecule has 2 aromatic heterocycles. The molecule has 1 aliphatic heterocycles. The van der Waals surface area contributed by atoms with Crippen LogP contribution in [0.3, 0.4) is 0 Å². The molecular formula is C16H24N6O. The first-order chi connectivity index (χ1) is 11.0. The third-order valence-corrected chi connectivity index (χ3v) is 4.57. The van der Waals surface area contributed by atoms with Gasteiger partial charge in [0.2, 0.25) is 0 Å². The lowest BCUT2D eigenvalue weighted by molar-refractivity contribution is 0.177. The Morgan fingerprint density at radius 1 is 1.35 bits per heavy atom. The Morgan fingerprint density at radius 2 is 2.09 bits per heavy atom. The monoisotopic (exact) mass is 316 g/mol. The number of amides is 2. The molecule has 2 aromatic rings. The maximum Gasteiger partial charge on any atom is 0.317 e. The van der Waals surface area contributed by atoms with Crippen LogP contribution in [0.15, 0.2) is 24.8 Å². The molecule has 3 heterocycles. The quantitative estimate of drug-likeness (QED) is 0.939. The second kappa shape index (κ2) is 6.44. The molecule has 1 saturated heterocycles. The van der Waals surface area contributed by atoms with E-state index in [-0.39, 0.29) is 12.1 Å². The van der Waals surface area contributed by atoms with Crippen LogP contribution in [0.25, 0.3) is 0 Å². The fraction of sp³-hybridized carbons (Fsp3) is 0.562. The lowest BCUT2D eigenvalue weighted by atomic mass is 9.94. The number of nitrogens with zero attached hydrogens (tertiary/aromatic N) is 5. The van der Waals surface area contributed by atoms with E-state index in [4.69, 9.17) is 0 Å². The summed E-state index contributed by atoms with van der Waals surface area (Å²) >= 11 is 0. The van der Waals surface area contributed by atoms with Crippen LogP contribution >= 0.6 is 0 Å². The van der Waals surface area contributed by atoms with Gasteiger partial charge in [0.1, 0.15) is 0 Å². The van der Waals surface area contributed by atoms with Crippen molar-refractivity contribution in [1.29, 1.82) is 0 Å². The Kier molecular flexibility index (Phi) is 4.36. The molecule has 23 heavy (non-hydrogen) atoms. The van der Waals surface area contributed by atoms with Gasteiger partial charge in [-0.15, -0.1) is 0 Å². The van der Waals surface area contributed by atoms with E-state index in [2.05, 4.69) is 20.0 Å². The molecule has 3 rings (SSSR count). The van der Waals surface area contributed by atoms with Crippen molar-refractivity contribution in [3.05, 3.63) is 36.2 Å². The van der Waals surface area contributed by atoms with Crippen molar-refractivity contribution in [3.8, 4) is 0 Å². The number of likely N-dealkylation sites (tertiary alicyclic amines) is 1. The van der Waals surface area contributed by atoms with Crippen molar-refractivity contribution in [2.24, 2.45) is 14.1 Å². The molecular weight excluding hydrogens is 292 g/mol. The minimum Gasteiger partial charge on any atom is -0.337 e. The molecule has 7 heteroatoms. The minimum atomic E-state index is -0.0847. The molecule has 1 unspecified atom stereocenters. The molecule has 1 atom stereocenters. The molecule has 1 N–H and O–H groups in total. The van der Waals surface area contributed by atoms with Crippen LogP contribution in [0.5, 0.6) is 0 Å². The van der Waals surface area contributed by atoms with Gasteiger partial charge < -0.3 is 14.8 Å². The molecule has 124 valence electrons. The maximum atomic E-state index is 12.4. The lowest BCUT2D eigenvalue weighted by Crippen LogP contribution is -2.45. The molecule has 0 aromatic carbocycles. The summed E-state index contributed by atoms with van der Waals surface area (Å²) in [5, 5.41) is 7.37. The average Bonchev–Trinajstić information content (AvgIpc) is 3.16. The smallest absolute Gasteiger partial charge is 0.317 e. The van der Waals surface area contributed by atoms with Gasteiger partial charge in [-0.2, -0.15) is 5.10 Å². The Morgan fingerprint density at radius 3 is 2.65 bits per heavy atom. The van der Waals surface area contributed by atoms with Crippen molar-refractivity contribution >= 4 is 6.03 Å². The Balaban J connectivity index is 1.53. The number of carbonyl (C=O) groups excluding carboxylic acids is 1. The third-order valence-electron chi connectivity index (χ3n) is 4.57. The van der Waals surface area contributed by atoms with Crippen molar-refractivity contribution < 1.29 is 4.79 Å². The fourth-order valence-electron chi connectivity index (χ4n) is 3.15. The summed E-state index contributed by atoms with van der Waals surface area (Å²) in [5.41, 5.74) is 2.14. The summed E-state index contributed by atoms with van der Waals surface area (Å²) < 4.78 is 3.82. The summed E-state index contributed by atoms with van der Waals surface area (Å²) in [5.74, 6) is 0.486. The van der Waals surface area contributed by atoms with E-state index in [0.717, 1.165) is 31.6 Å². The summed E-state index contributed by atoms with van der Waals surface area (Å²) in [7, 11) is 3.90. The first-order valence-electron chi connectivity index (χ1n) is 8.06. The van der Waals surface area contributed by atoms with E-state index in [1.54, 1.807) is 4.68 Å². The third kappa shape index (κ3) is 3.38. The van der Waals surface area contributed by atoms with Gasteiger partial charge in [-0.1, -0.05) is 0 Å². The number of hydrogen-bond donors (Lipinski definition) is 1. The van der Waals surface area contributed by atoms with Crippen LogP contribution in [0.4, 0.5) is 4.79 Å². The molecule has 7 nitrogen and oxygen atoms in total. The fourth-order valence-corrected chi connectivity index (χ4v) is 3.15. The highest BCUT2D eigenvalue weighted by Gasteiger charge is 2.26. The number of urea groups is 1. The van der Waals surface area contributed by atoms with Gasteiger partial charge in [-0.05, 0) is 25.8 Å². The zero-order valence-electron chi connectivity index (χ0n) is 13.9. The summed E-state index contributed by atoms with van der Waals surface area (Å²) in [6.45, 7) is 3.51. The number of rotatable bonds is 3. The molecule has 1 aliphatic rings. The van der Waals surface area contributed by atoms with Crippen molar-refractivity contribution in [1.82, 2.24) is 29.5 Å². The highest BCUT2D eigenvalue weighted by Crippen LogP contribution is 2.27. The Bertz CT molecular complexity index is 668. The SMILES string of the molecule is CC(NC(=O)N1CCC(c2cncn2C)CC1)c1ccn(C)n1. The van der Waals surface area contributed by atoms with Gasteiger partial charge in [0.05, 0.1) is 18.1 Å². The van der Waals surface area contributed by atoms with Gasteiger partial charge in [0.15, 0.2) is 0 Å². The van der Waals surface area contributed by atoms with E-state index >= 15 is 0 Å². The second-order valence-electron chi connectivity index (χ2n) is 6.28. The first kappa shape index (κ1) is 15.6. The van der Waals surface area contributed by atoms with Gasteiger partial charge in [0.25, 0.3) is 0 Å². The standard InChI is InChI=1S/C16H24N6O/c1-12(14-6-7-21(3)19-14)18-16(23)22-8-4-13(5-9-22)15-10-17-11-20(15)2/h6-7,10-13H,4-5,8-9H2,1-3H3,(H,18,23). The van der Waals surface area contributed by atoms with Crippen molar-refractivity contribution in [2.45, 2.75) is 31.7 Å². The minimum absolute atomic E-state index is 0.00777. The largest absolute Gasteiger partial charge is 0.337 e. The number of imidazole rings is 1. The van der Waals surface area contributed by atoms with Crippen LogP contribution in [-0.2, 0) is 14.1 Å². The molecule has 2 amide bonds. The van der Waals surface area contributed by atoms with Crippen molar-refractivity contribution in [3.63, 3.8) is 0 Å². The Hall–Kier alpha value is -2.31. The zero-order chi connectivity index (χ0) is 16.4. The van der Waals surface area contributed by atoms with E-state index in [9.17, 15) is 4.79 Å². The normalized spacial score (nSPS) is 17.3. The summed E-state index contributed by atoms with van der Waals surface area (Å²) in [6, 6.07) is 1.84. The number of hydrogen-bond acceptors (Lipinski definition) is 3. The van der Waals surface area contributed by atoms with Gasteiger partial charge >= 0.3 is 6.03 Å². The summed E-state index contributed by atoms with van der Waals surface area (Å²) in [6.07, 6.45) is 7.61. The number of piperidine rings is 1. The number of aromatic nitrogens is 4. The molecule has 0 bridgehead atoms. The lowest BCUT2D eigenvalue weighted by Gasteiger charge is -2.32. The molecule has 0 aliphatic carbocycles. The van der Waals surface area contributed by atoms with Gasteiger partial charge in [-0.3, -0.25) is 4.68 Å². The zero-order valence-corrected chi connectivity index (χ0v) is 13.9. The predicted molar refractivity (Wildman–Crippen MR) is 86.9 cm³/mol. The highest BCUT2D eigenvalue weighted by atomic mass is 16.2. The first-order valence-corrected chi connectivity index (χ1v) is 8.06. The van der Waals surface area contributed by atoms with Crippen LogP contribution in [-0.4, -0.2) is 43.4 Å².